The van der Waals surface area contributed by atoms with E-state index < -0.39 is 10.9 Å². The van der Waals surface area contributed by atoms with Gasteiger partial charge in [0.15, 0.2) is 0 Å². The minimum atomic E-state index is -1.06. The van der Waals surface area contributed by atoms with Crippen molar-refractivity contribution in [3.63, 3.8) is 0 Å². The number of aromatic nitrogens is 1. The van der Waals surface area contributed by atoms with Crippen LogP contribution in [0.4, 0.5) is 5.69 Å². The zero-order chi connectivity index (χ0) is 13.3. The zero-order valence-electron chi connectivity index (χ0n) is 9.07. The van der Waals surface area contributed by atoms with E-state index in [0.29, 0.717) is 10.3 Å². The third kappa shape index (κ3) is 2.05. The number of hydrogen-bond donors (Lipinski definition) is 1. The minimum absolute atomic E-state index is 0.208. The Kier molecular flexibility index (Phi) is 2.80. The summed E-state index contributed by atoms with van der Waals surface area (Å²) in [5.41, 5.74) is 0.211. The highest BCUT2D eigenvalue weighted by atomic mass is 16.6. The van der Waals surface area contributed by atoms with Crippen LogP contribution in [0.2, 0.25) is 0 Å². The van der Waals surface area contributed by atoms with E-state index in [1.54, 1.807) is 6.07 Å². The number of fused-ring (bicyclic) bond motifs is 1. The molecule has 92 valence electrons. The first-order valence-electron chi connectivity index (χ1n) is 5.00. The van der Waals surface area contributed by atoms with Crippen molar-refractivity contribution in [1.82, 2.24) is 0 Å². The lowest BCUT2D eigenvalue weighted by atomic mass is 10.1. The Bertz CT molecular complexity index is 653. The number of nitro groups is 1. The van der Waals surface area contributed by atoms with Gasteiger partial charge in [-0.05, 0) is 5.56 Å². The number of aliphatic carboxylic acids is 1. The maximum atomic E-state index is 11.6. The average molecular weight is 248 g/mol. The van der Waals surface area contributed by atoms with Crippen LogP contribution in [-0.2, 0) is 11.2 Å². The van der Waals surface area contributed by atoms with E-state index in [1.807, 2.05) is 0 Å². The fourth-order valence-electron chi connectivity index (χ4n) is 1.75. The van der Waals surface area contributed by atoms with E-state index >= 15 is 0 Å². The van der Waals surface area contributed by atoms with E-state index in [4.69, 9.17) is 5.11 Å². The average Bonchev–Trinajstić information content (AvgIpc) is 2.29. The highest BCUT2D eigenvalue weighted by Crippen LogP contribution is 2.21. The molecule has 0 spiro atoms. The van der Waals surface area contributed by atoms with Crippen LogP contribution in [0.1, 0.15) is 5.56 Å². The molecule has 1 aromatic heterocycles. The first kappa shape index (κ1) is 11.8. The zero-order valence-corrected chi connectivity index (χ0v) is 9.07. The number of nitrogens with zero attached hydrogens (tertiary/aromatic N) is 2. The Morgan fingerprint density at radius 2 is 2.17 bits per heavy atom. The van der Waals surface area contributed by atoms with Crippen LogP contribution in [0.15, 0.2) is 30.5 Å². The van der Waals surface area contributed by atoms with Crippen LogP contribution < -0.4 is 4.73 Å². The van der Waals surface area contributed by atoms with E-state index in [1.165, 1.54) is 18.2 Å². The Hall–Kier alpha value is -2.70. The fourth-order valence-corrected chi connectivity index (χ4v) is 1.75. The molecule has 0 bridgehead atoms. The third-order valence-electron chi connectivity index (χ3n) is 2.51. The van der Waals surface area contributed by atoms with Crippen molar-refractivity contribution in [2.45, 2.75) is 6.42 Å². The second-order valence-electron chi connectivity index (χ2n) is 3.70. The van der Waals surface area contributed by atoms with Crippen LogP contribution in [0, 0.1) is 15.3 Å². The molecule has 2 aromatic rings. The lowest BCUT2D eigenvalue weighted by molar-refractivity contribution is -0.582. The quantitative estimate of drug-likeness (QED) is 0.377. The molecule has 0 saturated heterocycles. The van der Waals surface area contributed by atoms with E-state index in [2.05, 4.69) is 0 Å². The van der Waals surface area contributed by atoms with Gasteiger partial charge in [0, 0.05) is 12.1 Å². The van der Waals surface area contributed by atoms with Gasteiger partial charge in [-0.25, -0.2) is 0 Å². The smallest absolute Gasteiger partial charge is 0.334 e. The van der Waals surface area contributed by atoms with E-state index in [9.17, 15) is 20.1 Å². The lowest BCUT2D eigenvalue weighted by Crippen LogP contribution is -2.27. The van der Waals surface area contributed by atoms with Crippen molar-refractivity contribution in [2.75, 3.05) is 0 Å². The van der Waals surface area contributed by atoms with Crippen molar-refractivity contribution in [2.24, 2.45) is 0 Å². The van der Waals surface area contributed by atoms with Gasteiger partial charge in [-0.1, -0.05) is 12.1 Å². The molecule has 0 aliphatic rings. The lowest BCUT2D eigenvalue weighted by Gasteiger charge is -2.05. The molecule has 0 fully saturated rings. The summed E-state index contributed by atoms with van der Waals surface area (Å²) in [6, 6.07) is 5.76. The predicted octanol–water partition coefficient (Wildman–Crippen LogP) is 1.01. The number of rotatable bonds is 3. The molecular weight excluding hydrogens is 240 g/mol. The Balaban J connectivity index is 2.73. The summed E-state index contributed by atoms with van der Waals surface area (Å²) < 4.78 is 0.374. The van der Waals surface area contributed by atoms with Gasteiger partial charge in [0.25, 0.3) is 6.20 Å². The van der Waals surface area contributed by atoms with Gasteiger partial charge in [0.2, 0.25) is 5.52 Å². The molecule has 0 aliphatic heterocycles. The molecule has 1 N–H and O–H groups in total. The SMILES string of the molecule is O=C(O)Cc1cccc2c1cc([N+](=O)[O-])c[n+]2[O-]. The summed E-state index contributed by atoms with van der Waals surface area (Å²) >= 11 is 0. The number of benzene rings is 1. The third-order valence-corrected chi connectivity index (χ3v) is 2.51. The summed E-state index contributed by atoms with van der Waals surface area (Å²) in [7, 11) is 0. The minimum Gasteiger partial charge on any atom is -0.618 e. The van der Waals surface area contributed by atoms with Crippen LogP contribution in [0.25, 0.3) is 10.9 Å². The fraction of sp³-hybridized carbons (Fsp3) is 0.0909. The highest BCUT2D eigenvalue weighted by molar-refractivity contribution is 5.85. The molecule has 0 amide bonds. The summed E-state index contributed by atoms with van der Waals surface area (Å²) in [6.45, 7) is 0. The van der Waals surface area contributed by atoms with Crippen LogP contribution in [0.5, 0.6) is 0 Å². The molecule has 7 heteroatoms. The molecule has 1 aromatic carbocycles. The van der Waals surface area contributed by atoms with E-state index in [0.717, 1.165) is 6.20 Å². The molecule has 0 saturated carbocycles. The number of carboxylic acids is 1. The molecule has 7 nitrogen and oxygen atoms in total. The van der Waals surface area contributed by atoms with Gasteiger partial charge < -0.3 is 10.3 Å². The maximum Gasteiger partial charge on any atom is 0.334 e. The van der Waals surface area contributed by atoms with Crippen LogP contribution in [0.3, 0.4) is 0 Å². The standard InChI is InChI=1S/C11H8N2O5/c14-11(15)4-7-2-1-3-10-9(7)5-8(13(17)18)6-12(10)16/h1-3,5-6H,4H2,(H,14,15). The Morgan fingerprint density at radius 3 is 2.78 bits per heavy atom. The van der Waals surface area contributed by atoms with Gasteiger partial charge in [-0.3, -0.25) is 14.9 Å². The van der Waals surface area contributed by atoms with Crippen molar-refractivity contribution in [3.8, 4) is 0 Å². The van der Waals surface area contributed by atoms with Gasteiger partial charge >= 0.3 is 11.7 Å². The number of pyridine rings is 1. The first-order chi connectivity index (χ1) is 8.49. The van der Waals surface area contributed by atoms with Gasteiger partial charge in [0.05, 0.1) is 16.7 Å². The highest BCUT2D eigenvalue weighted by Gasteiger charge is 2.17. The number of carbonyl (C=O) groups is 1. The Labute approximate surface area is 101 Å². The van der Waals surface area contributed by atoms with Crippen LogP contribution in [-0.4, -0.2) is 16.0 Å². The van der Waals surface area contributed by atoms with Crippen molar-refractivity contribution >= 4 is 22.6 Å². The van der Waals surface area contributed by atoms with Crippen LogP contribution >= 0.6 is 0 Å². The summed E-state index contributed by atoms with van der Waals surface area (Å²) in [4.78, 5) is 20.7. The van der Waals surface area contributed by atoms with Crippen molar-refractivity contribution in [1.29, 1.82) is 0 Å². The summed E-state index contributed by atoms with van der Waals surface area (Å²) in [5, 5.41) is 31.3. The molecular formula is C11H8N2O5. The topological polar surface area (TPSA) is 107 Å². The van der Waals surface area contributed by atoms with Crippen molar-refractivity contribution < 1.29 is 19.6 Å². The van der Waals surface area contributed by atoms with Crippen molar-refractivity contribution in [3.05, 3.63) is 51.3 Å². The molecule has 0 atom stereocenters. The number of hydrogen-bond acceptors (Lipinski definition) is 4. The second kappa shape index (κ2) is 4.28. The Morgan fingerprint density at radius 1 is 1.44 bits per heavy atom. The molecule has 18 heavy (non-hydrogen) atoms. The summed E-state index contributed by atoms with van der Waals surface area (Å²) in [5.74, 6) is -1.06. The maximum absolute atomic E-state index is 11.6. The molecule has 1 heterocycles. The largest absolute Gasteiger partial charge is 0.618 e. The molecule has 0 aliphatic carbocycles. The number of carboxylic acid groups (broad SMARTS) is 1. The second-order valence-corrected chi connectivity index (χ2v) is 3.70. The normalized spacial score (nSPS) is 10.4. The predicted molar refractivity (Wildman–Crippen MR) is 60.9 cm³/mol. The molecule has 0 radical (unpaired) electrons. The summed E-state index contributed by atoms with van der Waals surface area (Å²) in [6.07, 6.45) is 0.561. The monoisotopic (exact) mass is 248 g/mol. The molecule has 0 unspecified atom stereocenters. The van der Waals surface area contributed by atoms with Gasteiger partial charge in [-0.2, -0.15) is 4.73 Å². The molecule has 2 rings (SSSR count). The van der Waals surface area contributed by atoms with E-state index in [-0.39, 0.29) is 23.0 Å². The first-order valence-corrected chi connectivity index (χ1v) is 5.00. The van der Waals surface area contributed by atoms with Gasteiger partial charge in [-0.15, -0.1) is 0 Å². The van der Waals surface area contributed by atoms with Gasteiger partial charge in [0.1, 0.15) is 0 Å².